The highest BCUT2D eigenvalue weighted by molar-refractivity contribution is 5.09. The lowest BCUT2D eigenvalue weighted by Gasteiger charge is -2.32. The van der Waals surface area contributed by atoms with Gasteiger partial charge in [-0.3, -0.25) is 0 Å². The molecular formula is C16H27N3O. The van der Waals surface area contributed by atoms with E-state index in [0.29, 0.717) is 17.9 Å². The summed E-state index contributed by atoms with van der Waals surface area (Å²) in [5, 5.41) is 3.60. The van der Waals surface area contributed by atoms with E-state index in [0.717, 1.165) is 19.7 Å². The summed E-state index contributed by atoms with van der Waals surface area (Å²) in [5.74, 6) is 1.28. The van der Waals surface area contributed by atoms with Crippen molar-refractivity contribution in [3.8, 4) is 0 Å². The third-order valence-electron chi connectivity index (χ3n) is 4.33. The lowest BCUT2D eigenvalue weighted by atomic mass is 9.92. The Morgan fingerprint density at radius 3 is 3.00 bits per heavy atom. The van der Waals surface area contributed by atoms with Crippen LogP contribution in [0.25, 0.3) is 0 Å². The van der Waals surface area contributed by atoms with Gasteiger partial charge in [-0.25, -0.2) is 4.98 Å². The minimum atomic E-state index is 0.228. The van der Waals surface area contributed by atoms with Gasteiger partial charge in [0, 0.05) is 25.1 Å². The molecule has 2 aliphatic rings. The van der Waals surface area contributed by atoms with Crippen molar-refractivity contribution in [1.82, 2.24) is 14.9 Å². The normalized spacial score (nSPS) is 27.1. The van der Waals surface area contributed by atoms with E-state index in [2.05, 4.69) is 28.7 Å². The van der Waals surface area contributed by atoms with Crippen LogP contribution >= 0.6 is 0 Å². The average molecular weight is 277 g/mol. The van der Waals surface area contributed by atoms with Crippen molar-refractivity contribution in [3.05, 3.63) is 18.2 Å². The summed E-state index contributed by atoms with van der Waals surface area (Å²) in [6.07, 6.45) is 9.27. The zero-order chi connectivity index (χ0) is 13.9. The first-order valence-corrected chi connectivity index (χ1v) is 8.09. The number of ether oxygens (including phenoxy) is 1. The minimum Gasteiger partial charge on any atom is -0.372 e. The van der Waals surface area contributed by atoms with Crippen LogP contribution in [0.4, 0.5) is 0 Å². The molecule has 0 bridgehead atoms. The lowest BCUT2D eigenvalue weighted by molar-refractivity contribution is -0.0323. The van der Waals surface area contributed by atoms with Crippen LogP contribution in [-0.4, -0.2) is 29.2 Å². The van der Waals surface area contributed by atoms with Crippen LogP contribution in [0, 0.1) is 11.8 Å². The van der Waals surface area contributed by atoms with Crippen LogP contribution in [0.3, 0.4) is 0 Å². The topological polar surface area (TPSA) is 39.1 Å². The van der Waals surface area contributed by atoms with Gasteiger partial charge in [0.05, 0.1) is 18.2 Å². The van der Waals surface area contributed by atoms with E-state index in [1.54, 1.807) is 0 Å². The molecule has 2 fully saturated rings. The van der Waals surface area contributed by atoms with Crippen LogP contribution in [-0.2, 0) is 4.74 Å². The van der Waals surface area contributed by atoms with Gasteiger partial charge in [-0.1, -0.05) is 13.8 Å². The van der Waals surface area contributed by atoms with Gasteiger partial charge >= 0.3 is 0 Å². The van der Waals surface area contributed by atoms with Gasteiger partial charge in [0.25, 0.3) is 0 Å². The second-order valence-electron chi connectivity index (χ2n) is 6.70. The molecule has 0 aromatic carbocycles. The maximum absolute atomic E-state index is 6.11. The monoisotopic (exact) mass is 277 g/mol. The summed E-state index contributed by atoms with van der Waals surface area (Å²) in [6.45, 7) is 7.54. The van der Waals surface area contributed by atoms with Crippen LogP contribution in [0.5, 0.6) is 0 Å². The summed E-state index contributed by atoms with van der Waals surface area (Å²) in [5.41, 5.74) is 1.29. The van der Waals surface area contributed by atoms with E-state index in [9.17, 15) is 0 Å². The highest BCUT2D eigenvalue weighted by Crippen LogP contribution is 2.40. The molecule has 1 saturated heterocycles. The maximum atomic E-state index is 6.11. The lowest BCUT2D eigenvalue weighted by Crippen LogP contribution is -2.34. The first-order valence-electron chi connectivity index (χ1n) is 8.09. The summed E-state index contributed by atoms with van der Waals surface area (Å²) in [4.78, 5) is 4.36. The van der Waals surface area contributed by atoms with Crippen LogP contribution in [0.1, 0.15) is 57.4 Å². The number of hydrogen-bond donors (Lipinski definition) is 1. The van der Waals surface area contributed by atoms with Crippen molar-refractivity contribution < 1.29 is 4.74 Å². The number of aromatic nitrogens is 2. The zero-order valence-electron chi connectivity index (χ0n) is 12.7. The van der Waals surface area contributed by atoms with Gasteiger partial charge in [-0.2, -0.15) is 0 Å². The Morgan fingerprint density at radius 1 is 1.40 bits per heavy atom. The Labute approximate surface area is 121 Å². The third-order valence-corrected chi connectivity index (χ3v) is 4.33. The molecule has 2 unspecified atom stereocenters. The molecule has 2 atom stereocenters. The fourth-order valence-electron chi connectivity index (χ4n) is 3.13. The SMILES string of the molecule is CC(C)CNCC1CCCOC1c1cncn1C1CC1. The average Bonchev–Trinajstić information content (AvgIpc) is 3.17. The fourth-order valence-corrected chi connectivity index (χ4v) is 3.13. The molecule has 1 aliphatic carbocycles. The standard InChI is InChI=1S/C16H27N3O/c1-12(2)8-17-9-13-4-3-7-20-16(13)15-10-18-11-19(15)14-5-6-14/h10-14,16-17H,3-9H2,1-2H3. The van der Waals surface area contributed by atoms with Gasteiger partial charge in [0.15, 0.2) is 0 Å². The molecular weight excluding hydrogens is 250 g/mol. The van der Waals surface area contributed by atoms with Crippen molar-refractivity contribution in [2.75, 3.05) is 19.7 Å². The maximum Gasteiger partial charge on any atom is 0.103 e. The molecule has 1 aliphatic heterocycles. The fraction of sp³-hybridized carbons (Fsp3) is 0.812. The molecule has 0 amide bonds. The van der Waals surface area contributed by atoms with E-state index in [4.69, 9.17) is 4.74 Å². The molecule has 2 heterocycles. The molecule has 0 radical (unpaired) electrons. The smallest absolute Gasteiger partial charge is 0.103 e. The summed E-state index contributed by atoms with van der Waals surface area (Å²) in [6, 6.07) is 0.683. The van der Waals surface area contributed by atoms with Crippen LogP contribution < -0.4 is 5.32 Å². The largest absolute Gasteiger partial charge is 0.372 e. The highest BCUT2D eigenvalue weighted by Gasteiger charge is 2.33. The van der Waals surface area contributed by atoms with Gasteiger partial charge in [0.2, 0.25) is 0 Å². The molecule has 3 rings (SSSR count). The van der Waals surface area contributed by atoms with E-state index in [-0.39, 0.29) is 6.10 Å². The molecule has 112 valence electrons. The molecule has 1 saturated carbocycles. The van der Waals surface area contributed by atoms with E-state index in [1.807, 2.05) is 12.5 Å². The summed E-state index contributed by atoms with van der Waals surface area (Å²) < 4.78 is 8.46. The zero-order valence-corrected chi connectivity index (χ0v) is 12.7. The number of hydrogen-bond acceptors (Lipinski definition) is 3. The van der Waals surface area contributed by atoms with Gasteiger partial charge < -0.3 is 14.6 Å². The predicted octanol–water partition coefficient (Wildman–Crippen LogP) is 2.93. The van der Waals surface area contributed by atoms with Crippen molar-refractivity contribution in [2.24, 2.45) is 11.8 Å². The molecule has 1 aromatic rings. The molecule has 0 spiro atoms. The molecule has 20 heavy (non-hydrogen) atoms. The van der Waals surface area contributed by atoms with Crippen molar-refractivity contribution in [3.63, 3.8) is 0 Å². The number of rotatable bonds is 6. The van der Waals surface area contributed by atoms with E-state index in [1.165, 1.54) is 31.4 Å². The van der Waals surface area contributed by atoms with Gasteiger partial charge in [0.1, 0.15) is 6.10 Å². The van der Waals surface area contributed by atoms with Crippen LogP contribution in [0.2, 0.25) is 0 Å². The third kappa shape index (κ3) is 3.23. The predicted molar refractivity (Wildman–Crippen MR) is 79.6 cm³/mol. The molecule has 4 nitrogen and oxygen atoms in total. The van der Waals surface area contributed by atoms with Gasteiger partial charge in [-0.15, -0.1) is 0 Å². The number of imidazole rings is 1. The molecule has 1 N–H and O–H groups in total. The molecule has 1 aromatic heterocycles. The van der Waals surface area contributed by atoms with Crippen molar-refractivity contribution >= 4 is 0 Å². The van der Waals surface area contributed by atoms with Gasteiger partial charge in [-0.05, 0) is 38.1 Å². The Balaban J connectivity index is 1.66. The first-order chi connectivity index (χ1) is 9.75. The van der Waals surface area contributed by atoms with Crippen LogP contribution in [0.15, 0.2) is 12.5 Å². The Hall–Kier alpha value is -0.870. The van der Waals surface area contributed by atoms with Crippen molar-refractivity contribution in [2.45, 2.75) is 51.7 Å². The Kier molecular flexibility index (Phi) is 4.41. The minimum absolute atomic E-state index is 0.228. The van der Waals surface area contributed by atoms with E-state index >= 15 is 0 Å². The molecule has 4 heteroatoms. The highest BCUT2D eigenvalue weighted by atomic mass is 16.5. The Bertz CT molecular complexity index is 425. The quantitative estimate of drug-likeness (QED) is 0.869. The van der Waals surface area contributed by atoms with E-state index < -0.39 is 0 Å². The Morgan fingerprint density at radius 2 is 2.25 bits per heavy atom. The first kappa shape index (κ1) is 14.1. The number of nitrogens with one attached hydrogen (secondary N) is 1. The van der Waals surface area contributed by atoms with Crippen molar-refractivity contribution in [1.29, 1.82) is 0 Å². The second-order valence-corrected chi connectivity index (χ2v) is 6.70. The summed E-state index contributed by atoms with van der Waals surface area (Å²) in [7, 11) is 0. The second kappa shape index (κ2) is 6.27. The number of nitrogens with zero attached hydrogens (tertiary/aromatic N) is 2. The summed E-state index contributed by atoms with van der Waals surface area (Å²) >= 11 is 0.